The minimum Gasteiger partial charge on any atom is -0.462 e. The summed E-state index contributed by atoms with van der Waals surface area (Å²) in [5, 5.41) is 7.26. The Morgan fingerprint density at radius 1 is 0.861 bits per heavy atom. The number of aryl methyl sites for hydroxylation is 1. The first kappa shape index (κ1) is 24.7. The van der Waals surface area contributed by atoms with E-state index in [1.54, 1.807) is 25.1 Å². The predicted molar refractivity (Wildman–Crippen MR) is 138 cm³/mol. The standard InChI is InChI=1S/C27H24N2O6S/c1-3-34-26(30)23-16-13-20(17-25(23)35-36(32,33)21-14-11-18(2)12-15-21)28-27(31)29-24-10-6-8-19-7-4-5-9-22(19)24/h4-17H,3H2,1-2H3,(H2,28,29,31). The average molecular weight is 505 g/mol. The van der Waals surface area contributed by atoms with E-state index in [9.17, 15) is 18.0 Å². The molecule has 2 N–H and O–H groups in total. The van der Waals surface area contributed by atoms with Crippen LogP contribution in [0.3, 0.4) is 0 Å². The molecule has 0 aromatic heterocycles. The number of nitrogens with one attached hydrogen (secondary N) is 2. The number of hydrogen-bond acceptors (Lipinski definition) is 6. The molecule has 0 aliphatic heterocycles. The van der Waals surface area contributed by atoms with Gasteiger partial charge in [-0.3, -0.25) is 0 Å². The van der Waals surface area contributed by atoms with Gasteiger partial charge < -0.3 is 19.6 Å². The Bertz CT molecular complexity index is 1530. The maximum absolute atomic E-state index is 12.9. The van der Waals surface area contributed by atoms with Gasteiger partial charge in [0.2, 0.25) is 0 Å². The lowest BCUT2D eigenvalue weighted by atomic mass is 10.1. The normalized spacial score (nSPS) is 11.1. The SMILES string of the molecule is CCOC(=O)c1ccc(NC(=O)Nc2cccc3ccccc23)cc1OS(=O)(=O)c1ccc(C)cc1. The third kappa shape index (κ3) is 5.64. The summed E-state index contributed by atoms with van der Waals surface area (Å²) in [7, 11) is -4.26. The van der Waals surface area contributed by atoms with Crippen LogP contribution in [-0.2, 0) is 14.9 Å². The maximum Gasteiger partial charge on any atom is 0.341 e. The van der Waals surface area contributed by atoms with E-state index in [0.29, 0.717) is 5.69 Å². The van der Waals surface area contributed by atoms with E-state index in [0.717, 1.165) is 16.3 Å². The van der Waals surface area contributed by atoms with Crippen molar-refractivity contribution < 1.29 is 26.9 Å². The summed E-state index contributed by atoms with van der Waals surface area (Å²) in [6.45, 7) is 3.56. The highest BCUT2D eigenvalue weighted by molar-refractivity contribution is 7.87. The fraction of sp³-hybridized carbons (Fsp3) is 0.111. The van der Waals surface area contributed by atoms with Gasteiger partial charge in [0.25, 0.3) is 0 Å². The molecule has 0 unspecified atom stereocenters. The monoisotopic (exact) mass is 504 g/mol. The predicted octanol–water partition coefficient (Wildman–Crippen LogP) is 5.74. The number of anilines is 2. The molecule has 4 aromatic rings. The summed E-state index contributed by atoms with van der Waals surface area (Å²) in [5.41, 5.74) is 1.61. The second-order valence-electron chi connectivity index (χ2n) is 7.89. The molecular formula is C27H24N2O6S. The number of amides is 2. The van der Waals surface area contributed by atoms with Crippen LogP contribution in [0, 0.1) is 6.92 Å². The molecule has 0 bridgehead atoms. The molecular weight excluding hydrogens is 480 g/mol. The third-order valence-electron chi connectivity index (χ3n) is 5.28. The first-order chi connectivity index (χ1) is 17.3. The zero-order chi connectivity index (χ0) is 25.7. The number of hydrogen-bond donors (Lipinski definition) is 2. The van der Waals surface area contributed by atoms with Gasteiger partial charge in [-0.25, -0.2) is 9.59 Å². The molecule has 0 saturated carbocycles. The highest BCUT2D eigenvalue weighted by Crippen LogP contribution is 2.29. The van der Waals surface area contributed by atoms with E-state index in [4.69, 9.17) is 8.92 Å². The Morgan fingerprint density at radius 3 is 2.33 bits per heavy atom. The van der Waals surface area contributed by atoms with Crippen LogP contribution >= 0.6 is 0 Å². The Hall–Kier alpha value is -4.37. The Labute approximate surface area is 209 Å². The molecule has 9 heteroatoms. The van der Waals surface area contributed by atoms with Crippen molar-refractivity contribution in [3.63, 3.8) is 0 Å². The molecule has 36 heavy (non-hydrogen) atoms. The zero-order valence-electron chi connectivity index (χ0n) is 19.6. The summed E-state index contributed by atoms with van der Waals surface area (Å²) in [6.07, 6.45) is 0. The molecule has 2 amide bonds. The van der Waals surface area contributed by atoms with Gasteiger partial charge >= 0.3 is 22.1 Å². The van der Waals surface area contributed by atoms with E-state index in [1.165, 1.54) is 30.3 Å². The van der Waals surface area contributed by atoms with E-state index in [1.807, 2.05) is 43.3 Å². The van der Waals surface area contributed by atoms with Gasteiger partial charge in [-0.15, -0.1) is 0 Å². The van der Waals surface area contributed by atoms with Crippen LogP contribution in [0.2, 0.25) is 0 Å². The molecule has 0 atom stereocenters. The molecule has 184 valence electrons. The maximum atomic E-state index is 12.9. The molecule has 4 aromatic carbocycles. The number of ether oxygens (including phenoxy) is 1. The minimum absolute atomic E-state index is 0.0741. The van der Waals surface area contributed by atoms with Crippen molar-refractivity contribution in [2.45, 2.75) is 18.7 Å². The number of carbonyl (C=O) groups is 2. The van der Waals surface area contributed by atoms with Crippen LogP contribution < -0.4 is 14.8 Å². The smallest absolute Gasteiger partial charge is 0.341 e. The topological polar surface area (TPSA) is 111 Å². The second-order valence-corrected chi connectivity index (χ2v) is 9.43. The fourth-order valence-electron chi connectivity index (χ4n) is 3.54. The third-order valence-corrected chi connectivity index (χ3v) is 6.53. The van der Waals surface area contributed by atoms with Gasteiger partial charge in [-0.2, -0.15) is 8.42 Å². The van der Waals surface area contributed by atoms with Crippen LogP contribution in [0.4, 0.5) is 16.2 Å². The molecule has 4 rings (SSSR count). The number of benzene rings is 4. The lowest BCUT2D eigenvalue weighted by Gasteiger charge is -2.14. The fourth-order valence-corrected chi connectivity index (χ4v) is 4.48. The Kier molecular flexibility index (Phi) is 7.21. The van der Waals surface area contributed by atoms with Gasteiger partial charge in [0.05, 0.1) is 12.3 Å². The molecule has 0 aliphatic carbocycles. The number of fused-ring (bicyclic) bond motifs is 1. The number of carbonyl (C=O) groups excluding carboxylic acids is 2. The lowest BCUT2D eigenvalue weighted by Crippen LogP contribution is -2.20. The van der Waals surface area contributed by atoms with Crippen molar-refractivity contribution in [2.75, 3.05) is 17.2 Å². The van der Waals surface area contributed by atoms with Crippen molar-refractivity contribution >= 4 is 44.3 Å². The highest BCUT2D eigenvalue weighted by Gasteiger charge is 2.23. The summed E-state index contributed by atoms with van der Waals surface area (Å²) >= 11 is 0. The lowest BCUT2D eigenvalue weighted by molar-refractivity contribution is 0.0524. The van der Waals surface area contributed by atoms with E-state index >= 15 is 0 Å². The van der Waals surface area contributed by atoms with Crippen molar-refractivity contribution in [1.82, 2.24) is 0 Å². The van der Waals surface area contributed by atoms with E-state index < -0.39 is 22.1 Å². The van der Waals surface area contributed by atoms with Crippen molar-refractivity contribution in [3.8, 4) is 5.75 Å². The molecule has 0 saturated heterocycles. The van der Waals surface area contributed by atoms with Crippen LogP contribution in [0.25, 0.3) is 10.8 Å². The molecule has 0 spiro atoms. The highest BCUT2D eigenvalue weighted by atomic mass is 32.2. The van der Waals surface area contributed by atoms with Gasteiger partial charge in [-0.05, 0) is 49.6 Å². The minimum atomic E-state index is -4.26. The van der Waals surface area contributed by atoms with Crippen molar-refractivity contribution in [2.24, 2.45) is 0 Å². The van der Waals surface area contributed by atoms with Crippen LogP contribution in [0.1, 0.15) is 22.8 Å². The first-order valence-electron chi connectivity index (χ1n) is 11.1. The Balaban J connectivity index is 1.61. The average Bonchev–Trinajstić information content (AvgIpc) is 2.84. The zero-order valence-corrected chi connectivity index (χ0v) is 20.5. The second kappa shape index (κ2) is 10.5. The summed E-state index contributed by atoms with van der Waals surface area (Å²) in [6, 6.07) is 22.7. The van der Waals surface area contributed by atoms with Gasteiger partial charge in [0.1, 0.15) is 10.5 Å². The van der Waals surface area contributed by atoms with E-state index in [-0.39, 0.29) is 28.5 Å². The molecule has 0 heterocycles. The van der Waals surface area contributed by atoms with Crippen LogP contribution in [0.15, 0.2) is 89.8 Å². The largest absolute Gasteiger partial charge is 0.462 e. The quantitative estimate of drug-likeness (QED) is 0.245. The summed E-state index contributed by atoms with van der Waals surface area (Å²) in [4.78, 5) is 25.1. The summed E-state index contributed by atoms with van der Waals surface area (Å²) < 4.78 is 36.1. The van der Waals surface area contributed by atoms with Crippen molar-refractivity contribution in [3.05, 3.63) is 96.1 Å². The van der Waals surface area contributed by atoms with Gasteiger partial charge in [-0.1, -0.05) is 54.1 Å². The van der Waals surface area contributed by atoms with Crippen LogP contribution in [-0.4, -0.2) is 27.0 Å². The van der Waals surface area contributed by atoms with Gasteiger partial charge in [0.15, 0.2) is 5.75 Å². The number of urea groups is 1. The number of rotatable bonds is 7. The molecule has 0 radical (unpaired) electrons. The molecule has 0 aliphatic rings. The van der Waals surface area contributed by atoms with Crippen molar-refractivity contribution in [1.29, 1.82) is 0 Å². The van der Waals surface area contributed by atoms with E-state index in [2.05, 4.69) is 10.6 Å². The molecule has 0 fully saturated rings. The van der Waals surface area contributed by atoms with Crippen LogP contribution in [0.5, 0.6) is 5.75 Å². The summed E-state index contributed by atoms with van der Waals surface area (Å²) in [5.74, 6) is -1.02. The van der Waals surface area contributed by atoms with Gasteiger partial charge in [0, 0.05) is 17.1 Å². The molecule has 8 nitrogen and oxygen atoms in total. The Morgan fingerprint density at radius 2 is 1.58 bits per heavy atom. The first-order valence-corrected chi connectivity index (χ1v) is 12.6. The number of esters is 1.